The molecule has 6 bridgehead atoms. The number of rotatable bonds is 15. The zero-order chi connectivity index (χ0) is 89.1. The number of carbonyl (C=O) groups excluding carboxylic acids is 3. The van der Waals surface area contributed by atoms with E-state index in [9.17, 15) is 39.6 Å². The molecule has 18 rings (SSSR count). The number of sulfonamides is 3. The van der Waals surface area contributed by atoms with Gasteiger partial charge in [0.15, 0.2) is 32.5 Å². The third-order valence-electron chi connectivity index (χ3n) is 26.8. The van der Waals surface area contributed by atoms with Crippen LogP contribution in [-0.4, -0.2) is 198 Å². The molecule has 0 aromatic carbocycles. The van der Waals surface area contributed by atoms with Gasteiger partial charge in [-0.1, -0.05) is 39.0 Å². The molecule has 6 fully saturated rings. The second-order valence-electron chi connectivity index (χ2n) is 38.3. The Morgan fingerprint density at radius 1 is 0.341 bits per heavy atom. The zero-order valence-electron chi connectivity index (χ0n) is 74.1. The average molecular weight is 1780 g/mol. The first kappa shape index (κ1) is 88.4. The molecule has 3 saturated carbocycles. The summed E-state index contributed by atoms with van der Waals surface area (Å²) in [5, 5.41) is 13.1. The molecule has 6 aliphatic heterocycles. The van der Waals surface area contributed by atoms with Crippen LogP contribution in [0.15, 0.2) is 143 Å². The molecule has 33 nitrogen and oxygen atoms in total. The highest BCUT2D eigenvalue weighted by atomic mass is 32.2. The van der Waals surface area contributed by atoms with Crippen molar-refractivity contribution in [3.8, 4) is 35.1 Å². The Balaban J connectivity index is 0.000000139. The number of pyridine rings is 6. The molecule has 3 N–H and O–H groups in total. The van der Waals surface area contributed by atoms with Crippen LogP contribution in [-0.2, 0) is 30.1 Å². The molecule has 9 aliphatic rings. The minimum atomic E-state index is -4.23. The van der Waals surface area contributed by atoms with Crippen LogP contribution in [0.4, 0.5) is 34.9 Å². The van der Waals surface area contributed by atoms with Gasteiger partial charge in [0.2, 0.25) is 17.6 Å². The molecule has 0 spiro atoms. The lowest BCUT2D eigenvalue weighted by atomic mass is 10.0. The summed E-state index contributed by atoms with van der Waals surface area (Å²) < 4.78 is 109. The first-order chi connectivity index (χ1) is 59.8. The van der Waals surface area contributed by atoms with E-state index in [0.717, 1.165) is 96.3 Å². The summed E-state index contributed by atoms with van der Waals surface area (Å²) >= 11 is 0. The van der Waals surface area contributed by atoms with Crippen molar-refractivity contribution < 1.29 is 53.8 Å². The van der Waals surface area contributed by atoms with Crippen LogP contribution in [0.5, 0.6) is 17.6 Å². The Morgan fingerprint density at radius 2 is 0.611 bits per heavy atom. The van der Waals surface area contributed by atoms with Gasteiger partial charge < -0.3 is 43.6 Å². The number of carbonyl (C=O) groups is 3. The van der Waals surface area contributed by atoms with E-state index in [0.29, 0.717) is 126 Å². The molecule has 126 heavy (non-hydrogen) atoms. The maximum Gasteiger partial charge on any atom is 0.281 e. The molecular formula is C90H117N21O12S3. The number of hydrogen-bond donors (Lipinski definition) is 3. The Hall–Kier alpha value is -11.0. The van der Waals surface area contributed by atoms with Gasteiger partial charge in [0, 0.05) is 112 Å². The number of ether oxygens (including phenoxy) is 3. The maximum absolute atomic E-state index is 13.7. The van der Waals surface area contributed by atoms with E-state index in [1.807, 2.05) is 54.0 Å². The Morgan fingerprint density at radius 3 is 0.873 bits per heavy atom. The van der Waals surface area contributed by atoms with E-state index in [-0.39, 0.29) is 66.5 Å². The van der Waals surface area contributed by atoms with Crippen molar-refractivity contribution in [3.05, 3.63) is 144 Å². The molecule has 672 valence electrons. The highest BCUT2D eigenvalue weighted by Crippen LogP contribution is 2.51. The van der Waals surface area contributed by atoms with Crippen LogP contribution in [0.2, 0.25) is 0 Å². The van der Waals surface area contributed by atoms with Gasteiger partial charge in [-0.15, -0.1) is 15.3 Å². The summed E-state index contributed by atoms with van der Waals surface area (Å²) in [5.74, 6) is 3.82. The van der Waals surface area contributed by atoms with Crippen LogP contribution in [0.1, 0.15) is 228 Å². The van der Waals surface area contributed by atoms with Gasteiger partial charge in [0.1, 0.15) is 34.9 Å². The molecule has 1 unspecified atom stereocenters. The lowest BCUT2D eigenvalue weighted by Crippen LogP contribution is -2.45. The summed E-state index contributed by atoms with van der Waals surface area (Å²) in [6, 6.07) is 30.2. The second kappa shape index (κ2) is 34.6. The molecule has 9 aromatic heterocycles. The SMILES string of the molecule is CN1CCCC2CCC(C)(C)N2c2nc(-n3ccc(OCCC4(C)CC4)n3)ccc2C(=O)NS(=O)(=O)c2cccc1n2.CN1CCC[C@@H]2CCC(C)(C)N2c2nc(-n3ccc(OCCC4(C)CC4)n3)ccc2C(=O)NS(=O)(=O)c2cccc1n2.CN1CCC[C@H]2CCC(C)(C)N2c2nc(-n3ccc(OCCC4(C)CC4)n3)ccc2C(=O)NS(=O)(=O)c2cccc1n2. The Kier molecular flexibility index (Phi) is 24.3. The minimum Gasteiger partial charge on any atom is -0.477 e. The highest BCUT2D eigenvalue weighted by molar-refractivity contribution is 7.90. The number of aromatic nitrogens is 12. The van der Waals surface area contributed by atoms with Gasteiger partial charge in [-0.25, -0.2) is 58.1 Å². The summed E-state index contributed by atoms with van der Waals surface area (Å²) in [4.78, 5) is 81.4. The minimum absolute atomic E-state index is 0.127. The van der Waals surface area contributed by atoms with Gasteiger partial charge >= 0.3 is 0 Å². The predicted octanol–water partition coefficient (Wildman–Crippen LogP) is 13.0. The van der Waals surface area contributed by atoms with E-state index >= 15 is 0 Å². The van der Waals surface area contributed by atoms with E-state index < -0.39 is 47.8 Å². The van der Waals surface area contributed by atoms with Gasteiger partial charge in [-0.05, 0) is 265 Å². The van der Waals surface area contributed by atoms with Crippen molar-refractivity contribution >= 4 is 82.7 Å². The van der Waals surface area contributed by atoms with Crippen LogP contribution in [0.3, 0.4) is 0 Å². The van der Waals surface area contributed by atoms with Crippen molar-refractivity contribution in [1.29, 1.82) is 0 Å². The number of anilines is 6. The first-order valence-electron chi connectivity index (χ1n) is 44.1. The summed E-state index contributed by atoms with van der Waals surface area (Å²) in [6.45, 7) is 23.6. The molecule has 3 aliphatic carbocycles. The number of amides is 3. The highest BCUT2D eigenvalue weighted by Gasteiger charge is 2.47. The van der Waals surface area contributed by atoms with Gasteiger partial charge in [-0.3, -0.25) is 14.4 Å². The number of fused-ring (bicyclic) bond motifs is 15. The third-order valence-corrected chi connectivity index (χ3v) is 30.5. The average Bonchev–Trinajstić information content (AvgIpc) is 1.61. The van der Waals surface area contributed by atoms with Crippen molar-refractivity contribution in [3.63, 3.8) is 0 Å². The van der Waals surface area contributed by atoms with Crippen molar-refractivity contribution in [2.45, 2.75) is 247 Å². The standard InChI is InChI=1S/3C30H39N7O4S/c3*1-29(2)14-12-21-7-6-18-35(4)23-8-5-9-26(31-23)42(39,40)34-28(38)22-10-11-24(32-27(22)37(21)29)36-19-13-25(33-36)41-20-17-30(3)15-16-30/h3*5,8-11,13,19,21H,6-7,12,14-18,20H2,1-4H3,(H,34,38)/t2*21-;/m10./s1. The Labute approximate surface area is 738 Å². The molecule has 3 atom stereocenters. The summed E-state index contributed by atoms with van der Waals surface area (Å²) in [5.41, 5.74) is 0.874. The lowest BCUT2D eigenvalue weighted by Gasteiger charge is -2.38. The molecule has 3 amide bonds. The topological polar surface area (TPSA) is 368 Å². The quantitative estimate of drug-likeness (QED) is 0.0858. The largest absolute Gasteiger partial charge is 0.477 e. The first-order valence-corrected chi connectivity index (χ1v) is 48.5. The van der Waals surface area contributed by atoms with Crippen molar-refractivity contribution in [2.24, 2.45) is 16.2 Å². The molecule has 3 saturated heterocycles. The van der Waals surface area contributed by atoms with E-state index in [4.69, 9.17) is 29.2 Å². The normalized spacial score (nSPS) is 22.5. The molecule has 36 heteroatoms. The van der Waals surface area contributed by atoms with Crippen molar-refractivity contribution in [1.82, 2.24) is 73.4 Å². The fourth-order valence-corrected chi connectivity index (χ4v) is 20.7. The van der Waals surface area contributed by atoms with E-state index in [2.05, 4.69) is 121 Å². The molecule has 0 radical (unpaired) electrons. The van der Waals surface area contributed by atoms with Gasteiger partial charge in [0.05, 0.1) is 36.5 Å². The Bertz CT molecular complexity index is 5360. The molecule has 15 heterocycles. The summed E-state index contributed by atoms with van der Waals surface area (Å²) in [6.07, 6.45) is 26.6. The smallest absolute Gasteiger partial charge is 0.281 e. The van der Waals surface area contributed by atoms with Gasteiger partial charge in [-0.2, -0.15) is 25.3 Å². The van der Waals surface area contributed by atoms with E-state index in [1.165, 1.54) is 56.7 Å². The monoisotopic (exact) mass is 1780 g/mol. The van der Waals surface area contributed by atoms with Crippen LogP contribution < -0.4 is 57.8 Å². The lowest BCUT2D eigenvalue weighted by molar-refractivity contribution is 0.0972. The number of nitrogens with zero attached hydrogens (tertiary/aromatic N) is 18. The third kappa shape index (κ3) is 19.7. The fourth-order valence-electron chi connectivity index (χ4n) is 17.9. The predicted molar refractivity (Wildman–Crippen MR) is 479 cm³/mol. The second-order valence-corrected chi connectivity index (χ2v) is 43.2. The van der Waals surface area contributed by atoms with Crippen LogP contribution in [0, 0.1) is 16.2 Å². The van der Waals surface area contributed by atoms with E-state index in [1.54, 1.807) is 105 Å². The maximum atomic E-state index is 13.7. The van der Waals surface area contributed by atoms with Crippen LogP contribution >= 0.6 is 0 Å². The number of nitrogens with one attached hydrogen (secondary N) is 3. The fraction of sp³-hybridized carbons (Fsp3) is 0.533. The van der Waals surface area contributed by atoms with Crippen LogP contribution in [0.25, 0.3) is 17.5 Å². The molecular weight excluding hydrogens is 1660 g/mol. The molecule has 9 aromatic rings. The number of hydrogen-bond acceptors (Lipinski definition) is 27. The zero-order valence-corrected chi connectivity index (χ0v) is 76.6. The van der Waals surface area contributed by atoms with Crippen molar-refractivity contribution in [2.75, 3.05) is 90.0 Å². The summed E-state index contributed by atoms with van der Waals surface area (Å²) in [7, 11) is -6.99. The van der Waals surface area contributed by atoms with Gasteiger partial charge in [0.25, 0.3) is 47.8 Å².